The van der Waals surface area contributed by atoms with Crippen molar-refractivity contribution in [2.45, 2.75) is 26.3 Å². The van der Waals surface area contributed by atoms with E-state index in [1.54, 1.807) is 16.9 Å². The maximum atomic E-state index is 13.2. The van der Waals surface area contributed by atoms with E-state index in [1.165, 1.54) is 12.1 Å². The van der Waals surface area contributed by atoms with Crippen molar-refractivity contribution in [2.24, 2.45) is 5.73 Å². The van der Waals surface area contributed by atoms with E-state index in [4.69, 9.17) is 5.73 Å². The molecule has 0 aliphatic rings. The summed E-state index contributed by atoms with van der Waals surface area (Å²) in [6.45, 7) is 3.88. The number of nitrogens with two attached hydrogens (primary N) is 1. The van der Waals surface area contributed by atoms with Crippen LogP contribution in [0, 0.1) is 12.7 Å². The molecule has 1 atom stereocenters. The van der Waals surface area contributed by atoms with Gasteiger partial charge in [-0.3, -0.25) is 0 Å². The van der Waals surface area contributed by atoms with Crippen molar-refractivity contribution in [3.8, 4) is 5.69 Å². The summed E-state index contributed by atoms with van der Waals surface area (Å²) in [7, 11) is 0. The minimum absolute atomic E-state index is 0.127. The molecule has 0 saturated heterocycles. The van der Waals surface area contributed by atoms with E-state index in [0.717, 1.165) is 17.7 Å². The molecule has 0 aliphatic heterocycles. The molecule has 2 aromatic rings. The molecule has 0 aliphatic carbocycles. The molecule has 0 fully saturated rings. The van der Waals surface area contributed by atoms with Gasteiger partial charge in [-0.1, -0.05) is 18.2 Å². The Morgan fingerprint density at radius 3 is 2.94 bits per heavy atom. The van der Waals surface area contributed by atoms with E-state index in [-0.39, 0.29) is 11.9 Å². The fourth-order valence-corrected chi connectivity index (χ4v) is 1.60. The molecule has 5 heteroatoms. The Kier molecular flexibility index (Phi) is 3.19. The fourth-order valence-electron chi connectivity index (χ4n) is 1.60. The third-order valence-electron chi connectivity index (χ3n) is 2.75. The highest BCUT2D eigenvalue weighted by Gasteiger charge is 2.10. The van der Waals surface area contributed by atoms with Crippen LogP contribution in [0.25, 0.3) is 5.69 Å². The van der Waals surface area contributed by atoms with Crippen LogP contribution >= 0.6 is 0 Å². The maximum absolute atomic E-state index is 13.2. The Morgan fingerprint density at radius 2 is 2.24 bits per heavy atom. The first-order valence-corrected chi connectivity index (χ1v) is 5.56. The number of hydrogen-bond acceptors (Lipinski definition) is 3. The predicted molar refractivity (Wildman–Crippen MR) is 63.3 cm³/mol. The number of aromatic nitrogens is 3. The van der Waals surface area contributed by atoms with E-state index in [2.05, 4.69) is 10.3 Å². The second-order valence-electron chi connectivity index (χ2n) is 4.03. The molecule has 2 rings (SSSR count). The van der Waals surface area contributed by atoms with Gasteiger partial charge in [-0.05, 0) is 31.0 Å². The van der Waals surface area contributed by atoms with Crippen molar-refractivity contribution in [1.29, 1.82) is 0 Å². The van der Waals surface area contributed by atoms with Crippen molar-refractivity contribution in [3.63, 3.8) is 0 Å². The Labute approximate surface area is 99.2 Å². The minimum atomic E-state index is -0.289. The standard InChI is InChI=1S/C12H15FN4/c1-3-10(14)11-7-17(16-15-11)12-6-9(13)5-4-8(12)2/h4-7,10H,3,14H2,1-2H3. The third-order valence-corrected chi connectivity index (χ3v) is 2.75. The van der Waals surface area contributed by atoms with Gasteiger partial charge in [0.15, 0.2) is 0 Å². The van der Waals surface area contributed by atoms with Crippen LogP contribution in [0.2, 0.25) is 0 Å². The third kappa shape index (κ3) is 2.34. The number of hydrogen-bond donors (Lipinski definition) is 1. The van der Waals surface area contributed by atoms with Gasteiger partial charge in [0, 0.05) is 0 Å². The van der Waals surface area contributed by atoms with Crippen LogP contribution in [0.4, 0.5) is 4.39 Å². The van der Waals surface area contributed by atoms with Crippen LogP contribution in [-0.4, -0.2) is 15.0 Å². The SMILES string of the molecule is CCC(N)c1cn(-c2cc(F)ccc2C)nn1. The van der Waals surface area contributed by atoms with Crippen LogP contribution in [-0.2, 0) is 0 Å². The topological polar surface area (TPSA) is 56.7 Å². The van der Waals surface area contributed by atoms with Gasteiger partial charge >= 0.3 is 0 Å². The van der Waals surface area contributed by atoms with E-state index in [1.807, 2.05) is 13.8 Å². The molecule has 0 spiro atoms. The van der Waals surface area contributed by atoms with Crippen LogP contribution < -0.4 is 5.73 Å². The van der Waals surface area contributed by atoms with Crippen molar-refractivity contribution < 1.29 is 4.39 Å². The molecule has 1 aromatic heterocycles. The van der Waals surface area contributed by atoms with Crippen molar-refractivity contribution in [1.82, 2.24) is 15.0 Å². The summed E-state index contributed by atoms with van der Waals surface area (Å²) in [5.41, 5.74) is 8.21. The van der Waals surface area contributed by atoms with Crippen LogP contribution in [0.15, 0.2) is 24.4 Å². The molecule has 2 N–H and O–H groups in total. The van der Waals surface area contributed by atoms with Gasteiger partial charge in [-0.25, -0.2) is 9.07 Å². The number of rotatable bonds is 3. The maximum Gasteiger partial charge on any atom is 0.125 e. The molecule has 1 aromatic carbocycles. The van der Waals surface area contributed by atoms with E-state index >= 15 is 0 Å². The first-order valence-electron chi connectivity index (χ1n) is 5.56. The molecule has 4 nitrogen and oxygen atoms in total. The number of halogens is 1. The van der Waals surface area contributed by atoms with Gasteiger partial charge in [0.25, 0.3) is 0 Å². The quantitative estimate of drug-likeness (QED) is 0.885. The molecule has 1 unspecified atom stereocenters. The second kappa shape index (κ2) is 4.63. The molecule has 0 saturated carbocycles. The smallest absolute Gasteiger partial charge is 0.125 e. The van der Waals surface area contributed by atoms with E-state index < -0.39 is 0 Å². The largest absolute Gasteiger partial charge is 0.323 e. The summed E-state index contributed by atoms with van der Waals surface area (Å²) >= 11 is 0. The highest BCUT2D eigenvalue weighted by molar-refractivity contribution is 5.39. The van der Waals surface area contributed by atoms with E-state index in [0.29, 0.717) is 5.69 Å². The Bertz CT molecular complexity index is 521. The zero-order valence-corrected chi connectivity index (χ0v) is 9.89. The van der Waals surface area contributed by atoms with Gasteiger partial charge in [0.1, 0.15) is 5.82 Å². The fraction of sp³-hybridized carbons (Fsp3) is 0.333. The summed E-state index contributed by atoms with van der Waals surface area (Å²) in [4.78, 5) is 0. The monoisotopic (exact) mass is 234 g/mol. The normalized spacial score (nSPS) is 12.7. The first kappa shape index (κ1) is 11.7. The number of benzene rings is 1. The van der Waals surface area contributed by atoms with Gasteiger partial charge in [0.05, 0.1) is 23.6 Å². The van der Waals surface area contributed by atoms with Gasteiger partial charge in [-0.2, -0.15) is 0 Å². The molecule has 0 amide bonds. The average molecular weight is 234 g/mol. The second-order valence-corrected chi connectivity index (χ2v) is 4.03. The van der Waals surface area contributed by atoms with E-state index in [9.17, 15) is 4.39 Å². The first-order chi connectivity index (χ1) is 8.11. The summed E-state index contributed by atoms with van der Waals surface area (Å²) in [5.74, 6) is -0.289. The van der Waals surface area contributed by atoms with Gasteiger partial charge < -0.3 is 5.73 Å². The van der Waals surface area contributed by atoms with Crippen molar-refractivity contribution >= 4 is 0 Å². The molecule has 17 heavy (non-hydrogen) atoms. The summed E-state index contributed by atoms with van der Waals surface area (Å²) < 4.78 is 14.7. The Morgan fingerprint density at radius 1 is 1.47 bits per heavy atom. The van der Waals surface area contributed by atoms with Crippen LogP contribution in [0.1, 0.15) is 30.6 Å². The Hall–Kier alpha value is -1.75. The molecule has 0 radical (unpaired) electrons. The molecule has 90 valence electrons. The lowest BCUT2D eigenvalue weighted by Crippen LogP contribution is -2.08. The van der Waals surface area contributed by atoms with Gasteiger partial charge in [-0.15, -0.1) is 5.10 Å². The minimum Gasteiger partial charge on any atom is -0.323 e. The van der Waals surface area contributed by atoms with Crippen LogP contribution in [0.3, 0.4) is 0 Å². The van der Waals surface area contributed by atoms with Gasteiger partial charge in [0.2, 0.25) is 0 Å². The van der Waals surface area contributed by atoms with Crippen molar-refractivity contribution in [3.05, 3.63) is 41.5 Å². The van der Waals surface area contributed by atoms with Crippen LogP contribution in [0.5, 0.6) is 0 Å². The summed E-state index contributed by atoms with van der Waals surface area (Å²) in [6, 6.07) is 4.45. The highest BCUT2D eigenvalue weighted by atomic mass is 19.1. The van der Waals surface area contributed by atoms with Crippen molar-refractivity contribution in [2.75, 3.05) is 0 Å². The summed E-state index contributed by atoms with van der Waals surface area (Å²) in [5, 5.41) is 7.98. The summed E-state index contributed by atoms with van der Waals surface area (Å²) in [6.07, 6.45) is 2.54. The number of aryl methyl sites for hydroxylation is 1. The lowest BCUT2D eigenvalue weighted by atomic mass is 10.2. The lowest BCUT2D eigenvalue weighted by molar-refractivity contribution is 0.624. The molecular weight excluding hydrogens is 219 g/mol. The highest BCUT2D eigenvalue weighted by Crippen LogP contribution is 2.16. The molecular formula is C12H15FN4. The zero-order valence-electron chi connectivity index (χ0n) is 9.89. The number of nitrogens with zero attached hydrogens (tertiary/aromatic N) is 3. The molecule has 1 heterocycles. The Balaban J connectivity index is 2.40. The zero-order chi connectivity index (χ0) is 12.4. The predicted octanol–water partition coefficient (Wildman–Crippen LogP) is 2.12. The lowest BCUT2D eigenvalue weighted by Gasteiger charge is -2.05. The average Bonchev–Trinajstić information content (AvgIpc) is 2.80. The molecule has 0 bridgehead atoms.